The number of H-pyrrole nitrogens is 1. The molecule has 1 amide bonds. The molecule has 4 rings (SSSR count). The maximum Gasteiger partial charge on any atom is 0.269 e. The maximum atomic E-state index is 13.2. The molecular formula is C19H20ClN5O2S. The van der Waals surface area contributed by atoms with Gasteiger partial charge in [-0.15, -0.1) is 0 Å². The monoisotopic (exact) mass is 417 g/mol. The van der Waals surface area contributed by atoms with Gasteiger partial charge in [0.1, 0.15) is 5.39 Å². The van der Waals surface area contributed by atoms with Crippen LogP contribution in [0.1, 0.15) is 26.2 Å². The number of hydrogen-bond acceptors (Lipinski definition) is 5. The van der Waals surface area contributed by atoms with E-state index in [2.05, 4.69) is 15.2 Å². The Kier molecular flexibility index (Phi) is 5.41. The molecule has 9 heteroatoms. The molecular weight excluding hydrogens is 398 g/mol. The molecule has 1 atom stereocenters. The molecule has 146 valence electrons. The second-order valence-electron chi connectivity index (χ2n) is 6.67. The second-order valence-corrected chi connectivity index (χ2v) is 8.24. The third-order valence-electron chi connectivity index (χ3n) is 4.86. The van der Waals surface area contributed by atoms with E-state index < -0.39 is 0 Å². The first-order valence-corrected chi connectivity index (χ1v) is 10.5. The van der Waals surface area contributed by atoms with Gasteiger partial charge in [0.2, 0.25) is 5.91 Å². The highest BCUT2D eigenvalue weighted by molar-refractivity contribution is 8.00. The normalized spacial score (nSPS) is 15.3. The molecule has 0 radical (unpaired) electrons. The van der Waals surface area contributed by atoms with Gasteiger partial charge in [-0.1, -0.05) is 42.4 Å². The van der Waals surface area contributed by atoms with Crippen LogP contribution in [0.15, 0.2) is 40.4 Å². The molecule has 1 fully saturated rings. The van der Waals surface area contributed by atoms with Crippen molar-refractivity contribution in [2.24, 2.45) is 0 Å². The van der Waals surface area contributed by atoms with E-state index in [1.54, 1.807) is 18.2 Å². The molecule has 0 bridgehead atoms. The number of aromatic amines is 1. The fourth-order valence-corrected chi connectivity index (χ4v) is 4.70. The molecule has 0 spiro atoms. The smallest absolute Gasteiger partial charge is 0.269 e. The molecule has 1 aromatic carbocycles. The van der Waals surface area contributed by atoms with E-state index in [0.717, 1.165) is 25.9 Å². The van der Waals surface area contributed by atoms with Crippen molar-refractivity contribution in [1.29, 1.82) is 0 Å². The summed E-state index contributed by atoms with van der Waals surface area (Å²) in [6, 6.07) is 7.11. The highest BCUT2D eigenvalue weighted by atomic mass is 35.5. The largest absolute Gasteiger partial charge is 0.342 e. The number of amides is 1. The second kappa shape index (κ2) is 7.97. The molecule has 1 aliphatic heterocycles. The quantitative estimate of drug-likeness (QED) is 0.508. The fraction of sp³-hybridized carbons (Fsp3) is 0.368. The van der Waals surface area contributed by atoms with Gasteiger partial charge in [-0.25, -0.2) is 4.98 Å². The van der Waals surface area contributed by atoms with Crippen molar-refractivity contribution >= 4 is 40.3 Å². The van der Waals surface area contributed by atoms with Crippen LogP contribution in [-0.2, 0) is 4.79 Å². The Bertz CT molecular complexity index is 1070. The summed E-state index contributed by atoms with van der Waals surface area (Å²) in [6.07, 6.45) is 4.17. The predicted molar refractivity (Wildman–Crippen MR) is 110 cm³/mol. The molecule has 3 aromatic rings. The standard InChI is InChI=1S/C19H20ClN5O2S/c1-2-15(18(27)24-9-5-6-10-24)28-19-22-16-12(11-21-23-16)17(26)25(19)14-8-4-3-7-13(14)20/h3-4,7-8,11,15H,2,5-6,9-10H2,1H3,(H,21,23). The van der Waals surface area contributed by atoms with Crippen molar-refractivity contribution in [2.45, 2.75) is 36.6 Å². The molecule has 7 nitrogen and oxygen atoms in total. The Morgan fingerprint density at radius 2 is 2.07 bits per heavy atom. The lowest BCUT2D eigenvalue weighted by atomic mass is 10.3. The van der Waals surface area contributed by atoms with E-state index in [1.807, 2.05) is 17.9 Å². The molecule has 3 heterocycles. The summed E-state index contributed by atoms with van der Waals surface area (Å²) in [4.78, 5) is 32.6. The summed E-state index contributed by atoms with van der Waals surface area (Å²) in [5, 5.41) is 7.62. The van der Waals surface area contributed by atoms with Gasteiger partial charge >= 0.3 is 0 Å². The summed E-state index contributed by atoms with van der Waals surface area (Å²) in [7, 11) is 0. The van der Waals surface area contributed by atoms with Gasteiger partial charge in [-0.2, -0.15) is 5.10 Å². The summed E-state index contributed by atoms with van der Waals surface area (Å²) in [5.41, 5.74) is 0.674. The van der Waals surface area contributed by atoms with Gasteiger partial charge in [0.25, 0.3) is 5.56 Å². The Balaban J connectivity index is 1.81. The van der Waals surface area contributed by atoms with Crippen LogP contribution in [0.25, 0.3) is 16.7 Å². The number of hydrogen-bond donors (Lipinski definition) is 1. The number of carbonyl (C=O) groups is 1. The highest BCUT2D eigenvalue weighted by Crippen LogP contribution is 2.30. The minimum absolute atomic E-state index is 0.0923. The Morgan fingerprint density at radius 3 is 2.79 bits per heavy atom. The van der Waals surface area contributed by atoms with Crippen LogP contribution in [0.3, 0.4) is 0 Å². The topological polar surface area (TPSA) is 83.9 Å². The Hall–Kier alpha value is -2.32. The van der Waals surface area contributed by atoms with Crippen molar-refractivity contribution in [1.82, 2.24) is 24.6 Å². The molecule has 1 N–H and O–H groups in total. The molecule has 0 aliphatic carbocycles. The lowest BCUT2D eigenvalue weighted by Crippen LogP contribution is -2.35. The summed E-state index contributed by atoms with van der Waals surface area (Å²) < 4.78 is 1.48. The predicted octanol–water partition coefficient (Wildman–Crippen LogP) is 3.26. The first-order valence-electron chi connectivity index (χ1n) is 9.26. The highest BCUT2D eigenvalue weighted by Gasteiger charge is 2.28. The molecule has 0 saturated carbocycles. The Labute approximate surface area is 171 Å². The molecule has 1 aliphatic rings. The van der Waals surface area contributed by atoms with Gasteiger partial charge in [-0.3, -0.25) is 19.3 Å². The van der Waals surface area contributed by atoms with Crippen molar-refractivity contribution in [3.63, 3.8) is 0 Å². The van der Waals surface area contributed by atoms with E-state index in [0.29, 0.717) is 33.3 Å². The zero-order valence-electron chi connectivity index (χ0n) is 15.4. The van der Waals surface area contributed by atoms with Crippen LogP contribution < -0.4 is 5.56 Å². The van der Waals surface area contributed by atoms with Crippen molar-refractivity contribution < 1.29 is 4.79 Å². The molecule has 28 heavy (non-hydrogen) atoms. The summed E-state index contributed by atoms with van der Waals surface area (Å²) in [6.45, 7) is 3.55. The van der Waals surface area contributed by atoms with Crippen LogP contribution in [0, 0.1) is 0 Å². The Morgan fingerprint density at radius 1 is 1.32 bits per heavy atom. The summed E-state index contributed by atoms with van der Waals surface area (Å²) >= 11 is 7.67. The number of aromatic nitrogens is 4. The number of para-hydroxylation sites is 1. The number of nitrogens with zero attached hydrogens (tertiary/aromatic N) is 4. The minimum Gasteiger partial charge on any atom is -0.342 e. The zero-order valence-corrected chi connectivity index (χ0v) is 17.0. The summed E-state index contributed by atoms with van der Waals surface area (Å²) in [5.74, 6) is 0.0923. The van der Waals surface area contributed by atoms with Crippen LogP contribution in [-0.4, -0.2) is 48.9 Å². The average molecular weight is 418 g/mol. The van der Waals surface area contributed by atoms with Gasteiger partial charge in [0.05, 0.1) is 22.2 Å². The minimum atomic E-state index is -0.320. The fourth-order valence-electron chi connectivity index (χ4n) is 3.38. The van der Waals surface area contributed by atoms with Crippen molar-refractivity contribution in [2.75, 3.05) is 13.1 Å². The average Bonchev–Trinajstić information content (AvgIpc) is 3.38. The van der Waals surface area contributed by atoms with E-state index in [1.165, 1.54) is 22.5 Å². The van der Waals surface area contributed by atoms with E-state index in [9.17, 15) is 9.59 Å². The zero-order chi connectivity index (χ0) is 19.7. The van der Waals surface area contributed by atoms with E-state index in [4.69, 9.17) is 11.6 Å². The number of halogens is 1. The molecule has 1 unspecified atom stereocenters. The maximum absolute atomic E-state index is 13.2. The number of nitrogens with one attached hydrogen (secondary N) is 1. The van der Waals surface area contributed by atoms with Crippen LogP contribution in [0.4, 0.5) is 0 Å². The number of benzene rings is 1. The third-order valence-corrected chi connectivity index (χ3v) is 6.48. The lowest BCUT2D eigenvalue weighted by molar-refractivity contribution is -0.129. The number of rotatable bonds is 5. The van der Waals surface area contributed by atoms with E-state index in [-0.39, 0.29) is 16.7 Å². The SMILES string of the molecule is CCC(Sc1nc2[nH]ncc2c(=O)n1-c1ccccc1Cl)C(=O)N1CCCC1. The number of carbonyl (C=O) groups excluding carboxylic acids is 1. The van der Waals surface area contributed by atoms with Crippen LogP contribution in [0.2, 0.25) is 5.02 Å². The number of thioether (sulfide) groups is 1. The number of likely N-dealkylation sites (tertiary alicyclic amines) is 1. The van der Waals surface area contributed by atoms with Gasteiger partial charge in [-0.05, 0) is 31.4 Å². The van der Waals surface area contributed by atoms with Crippen LogP contribution in [0.5, 0.6) is 0 Å². The first-order chi connectivity index (χ1) is 13.6. The molecule has 1 saturated heterocycles. The third kappa shape index (κ3) is 3.42. The lowest BCUT2D eigenvalue weighted by Gasteiger charge is -2.22. The van der Waals surface area contributed by atoms with Gasteiger partial charge < -0.3 is 4.90 Å². The van der Waals surface area contributed by atoms with Gasteiger partial charge in [0, 0.05) is 13.1 Å². The van der Waals surface area contributed by atoms with Gasteiger partial charge in [0.15, 0.2) is 10.8 Å². The first kappa shape index (κ1) is 19.0. The van der Waals surface area contributed by atoms with Crippen LogP contribution >= 0.6 is 23.4 Å². The molecule has 2 aromatic heterocycles. The van der Waals surface area contributed by atoms with Crippen molar-refractivity contribution in [3.8, 4) is 5.69 Å². The number of fused-ring (bicyclic) bond motifs is 1. The van der Waals surface area contributed by atoms with Crippen molar-refractivity contribution in [3.05, 3.63) is 45.8 Å². The van der Waals surface area contributed by atoms with E-state index >= 15 is 0 Å².